The summed E-state index contributed by atoms with van der Waals surface area (Å²) in [7, 11) is 1.74. The Bertz CT molecular complexity index is 700. The minimum Gasteiger partial charge on any atom is -0.384 e. The highest BCUT2D eigenvalue weighted by Gasteiger charge is 2.15. The largest absolute Gasteiger partial charge is 0.384 e. The number of benzene rings is 1. The quantitative estimate of drug-likeness (QED) is 0.883. The van der Waals surface area contributed by atoms with Crippen LogP contribution in [0.2, 0.25) is 4.34 Å². The van der Waals surface area contributed by atoms with E-state index in [1.807, 2.05) is 24.3 Å². The van der Waals surface area contributed by atoms with Crippen LogP contribution in [0.3, 0.4) is 0 Å². The van der Waals surface area contributed by atoms with Gasteiger partial charge in [-0.3, -0.25) is 4.79 Å². The summed E-state index contributed by atoms with van der Waals surface area (Å²) in [4.78, 5) is 14.5. The van der Waals surface area contributed by atoms with E-state index >= 15 is 0 Å². The summed E-state index contributed by atoms with van der Waals surface area (Å²) < 4.78 is 0.598. The van der Waals surface area contributed by atoms with Gasteiger partial charge in [-0.05, 0) is 23.8 Å². The predicted octanol–water partition coefficient (Wildman–Crippen LogP) is 3.02. The van der Waals surface area contributed by atoms with Crippen molar-refractivity contribution in [2.45, 2.75) is 6.54 Å². The molecule has 0 aliphatic heterocycles. The maximum atomic E-state index is 12.3. The highest BCUT2D eigenvalue weighted by Crippen LogP contribution is 2.23. The fourth-order valence-corrected chi connectivity index (χ4v) is 2.90. The highest BCUT2D eigenvalue weighted by molar-refractivity contribution is 7.17. The Morgan fingerprint density at radius 2 is 2.10 bits per heavy atom. The predicted molar refractivity (Wildman–Crippen MR) is 85.5 cm³/mol. The molecule has 0 spiro atoms. The maximum Gasteiger partial charge on any atom is 0.264 e. The SMILES string of the molecule is CN(Cc1ccccc1C#CCO)C(=O)c1ccc(Cl)s1. The Labute approximate surface area is 132 Å². The zero-order valence-corrected chi connectivity index (χ0v) is 13.0. The molecule has 21 heavy (non-hydrogen) atoms. The Balaban J connectivity index is 2.16. The van der Waals surface area contributed by atoms with Crippen molar-refractivity contribution in [3.63, 3.8) is 0 Å². The molecule has 0 bridgehead atoms. The molecule has 0 aliphatic carbocycles. The van der Waals surface area contributed by atoms with Crippen LogP contribution >= 0.6 is 22.9 Å². The van der Waals surface area contributed by atoms with Crippen molar-refractivity contribution in [3.8, 4) is 11.8 Å². The molecule has 1 aromatic carbocycles. The molecule has 0 atom stereocenters. The average Bonchev–Trinajstić information content (AvgIpc) is 2.92. The van der Waals surface area contributed by atoms with Gasteiger partial charge in [0.1, 0.15) is 6.61 Å². The highest BCUT2D eigenvalue weighted by atomic mass is 35.5. The van der Waals surface area contributed by atoms with Crippen molar-refractivity contribution in [1.82, 2.24) is 4.90 Å². The molecule has 2 aromatic rings. The molecule has 0 saturated carbocycles. The van der Waals surface area contributed by atoms with Crippen LogP contribution in [0.1, 0.15) is 20.8 Å². The normalized spacial score (nSPS) is 9.86. The third-order valence-electron chi connectivity index (χ3n) is 2.86. The second kappa shape index (κ2) is 7.28. The number of hydrogen-bond acceptors (Lipinski definition) is 3. The second-order valence-electron chi connectivity index (χ2n) is 4.38. The number of aliphatic hydroxyl groups is 1. The van der Waals surface area contributed by atoms with Crippen LogP contribution in [-0.4, -0.2) is 29.6 Å². The Morgan fingerprint density at radius 1 is 1.33 bits per heavy atom. The smallest absolute Gasteiger partial charge is 0.264 e. The van der Waals surface area contributed by atoms with Crippen LogP contribution in [-0.2, 0) is 6.54 Å². The van der Waals surface area contributed by atoms with Gasteiger partial charge in [0, 0.05) is 19.2 Å². The number of carbonyl (C=O) groups excluding carboxylic acids is 1. The lowest BCUT2D eigenvalue weighted by molar-refractivity contribution is 0.0790. The van der Waals surface area contributed by atoms with Crippen LogP contribution < -0.4 is 0 Å². The number of amides is 1. The number of rotatable bonds is 3. The summed E-state index contributed by atoms with van der Waals surface area (Å²) in [6.07, 6.45) is 0. The molecule has 0 unspecified atom stereocenters. The van der Waals surface area contributed by atoms with E-state index in [1.165, 1.54) is 11.3 Å². The first-order valence-corrected chi connectivity index (χ1v) is 7.49. The first-order chi connectivity index (χ1) is 10.1. The number of halogens is 1. The van der Waals surface area contributed by atoms with Crippen molar-refractivity contribution in [2.75, 3.05) is 13.7 Å². The van der Waals surface area contributed by atoms with E-state index in [4.69, 9.17) is 16.7 Å². The first kappa shape index (κ1) is 15.6. The van der Waals surface area contributed by atoms with Crippen molar-refractivity contribution >= 4 is 28.8 Å². The molecule has 0 radical (unpaired) electrons. The molecule has 3 nitrogen and oxygen atoms in total. The van der Waals surface area contributed by atoms with E-state index in [9.17, 15) is 4.79 Å². The summed E-state index contributed by atoms with van der Waals surface area (Å²) in [5.41, 5.74) is 1.76. The molecule has 1 amide bonds. The molecular formula is C16H14ClNO2S. The summed E-state index contributed by atoms with van der Waals surface area (Å²) in [5.74, 6) is 5.45. The van der Waals surface area contributed by atoms with Crippen LogP contribution in [0.15, 0.2) is 36.4 Å². The van der Waals surface area contributed by atoms with Crippen LogP contribution in [0.25, 0.3) is 0 Å². The minimum absolute atomic E-state index is 0.0724. The lowest BCUT2D eigenvalue weighted by Crippen LogP contribution is -2.25. The molecule has 1 aromatic heterocycles. The molecule has 1 heterocycles. The van der Waals surface area contributed by atoms with E-state index in [-0.39, 0.29) is 12.5 Å². The van der Waals surface area contributed by atoms with Crippen molar-refractivity contribution in [2.24, 2.45) is 0 Å². The molecule has 108 valence electrons. The standard InChI is InChI=1S/C16H14ClNO2S/c1-18(16(20)14-8-9-15(17)21-14)11-13-6-3-2-5-12(13)7-4-10-19/h2-3,5-6,8-9,19H,10-11H2,1H3. The number of carbonyl (C=O) groups is 1. The van der Waals surface area contributed by atoms with Gasteiger partial charge in [0.05, 0.1) is 9.21 Å². The first-order valence-electron chi connectivity index (χ1n) is 6.30. The summed E-state index contributed by atoms with van der Waals surface area (Å²) in [5, 5.41) is 8.79. The molecule has 2 rings (SSSR count). The third kappa shape index (κ3) is 4.08. The summed E-state index contributed by atoms with van der Waals surface area (Å²) >= 11 is 7.12. The van der Waals surface area contributed by atoms with Crippen LogP contribution in [0.4, 0.5) is 0 Å². The number of aliphatic hydroxyl groups excluding tert-OH is 1. The van der Waals surface area contributed by atoms with Gasteiger partial charge in [0.15, 0.2) is 0 Å². The zero-order valence-electron chi connectivity index (χ0n) is 11.5. The second-order valence-corrected chi connectivity index (χ2v) is 6.10. The van der Waals surface area contributed by atoms with E-state index in [2.05, 4.69) is 11.8 Å². The minimum atomic E-state index is -0.184. The topological polar surface area (TPSA) is 40.5 Å². The number of nitrogens with zero attached hydrogens (tertiary/aromatic N) is 1. The van der Waals surface area contributed by atoms with Crippen molar-refractivity contribution in [1.29, 1.82) is 0 Å². The third-order valence-corrected chi connectivity index (χ3v) is 4.08. The Morgan fingerprint density at radius 3 is 2.76 bits per heavy atom. The lowest BCUT2D eigenvalue weighted by Gasteiger charge is -2.17. The zero-order chi connectivity index (χ0) is 15.2. The van der Waals surface area contributed by atoms with E-state index in [0.29, 0.717) is 15.8 Å². The van der Waals surface area contributed by atoms with Crippen LogP contribution in [0, 0.1) is 11.8 Å². The Kier molecular flexibility index (Phi) is 5.40. The van der Waals surface area contributed by atoms with Crippen molar-refractivity contribution < 1.29 is 9.90 Å². The van der Waals surface area contributed by atoms with E-state index in [1.54, 1.807) is 24.1 Å². The summed E-state index contributed by atoms with van der Waals surface area (Å²) in [6.45, 7) is 0.265. The monoisotopic (exact) mass is 319 g/mol. The van der Waals surface area contributed by atoms with Gasteiger partial charge in [-0.15, -0.1) is 11.3 Å². The van der Waals surface area contributed by atoms with Gasteiger partial charge >= 0.3 is 0 Å². The van der Waals surface area contributed by atoms with Gasteiger partial charge in [0.25, 0.3) is 5.91 Å². The van der Waals surface area contributed by atoms with Gasteiger partial charge < -0.3 is 10.0 Å². The number of thiophene rings is 1. The fourth-order valence-electron chi connectivity index (χ4n) is 1.86. The van der Waals surface area contributed by atoms with Gasteiger partial charge in [-0.25, -0.2) is 0 Å². The fraction of sp³-hybridized carbons (Fsp3) is 0.188. The Hall–Kier alpha value is -1.80. The van der Waals surface area contributed by atoms with E-state index < -0.39 is 0 Å². The van der Waals surface area contributed by atoms with E-state index in [0.717, 1.165) is 11.1 Å². The average molecular weight is 320 g/mol. The van der Waals surface area contributed by atoms with Gasteiger partial charge in [-0.1, -0.05) is 41.6 Å². The van der Waals surface area contributed by atoms with Gasteiger partial charge in [-0.2, -0.15) is 0 Å². The molecule has 1 N–H and O–H groups in total. The molecule has 5 heteroatoms. The maximum absolute atomic E-state index is 12.3. The lowest BCUT2D eigenvalue weighted by atomic mass is 10.1. The number of hydrogen-bond donors (Lipinski definition) is 1. The molecule has 0 fully saturated rings. The van der Waals surface area contributed by atoms with Crippen LogP contribution in [0.5, 0.6) is 0 Å². The van der Waals surface area contributed by atoms with Gasteiger partial charge in [0.2, 0.25) is 0 Å². The molecule has 0 saturated heterocycles. The molecule has 0 aliphatic rings. The summed E-state index contributed by atoms with van der Waals surface area (Å²) in [6, 6.07) is 11.0. The molecular weight excluding hydrogens is 306 g/mol. The van der Waals surface area contributed by atoms with Crippen molar-refractivity contribution in [3.05, 3.63) is 56.7 Å².